The SMILES string of the molecule is CN(C)C(=O)CCC[N+]1(C)CCc2c(sc(NC(=O)Nc3ccc(Cl)cc3)c2C(N)=O)C1. The highest BCUT2D eigenvalue weighted by atomic mass is 35.5. The maximum absolute atomic E-state index is 12.5. The Balaban J connectivity index is 1.71. The van der Waals surface area contributed by atoms with Crippen molar-refractivity contribution >= 4 is 51.5 Å². The first-order valence-corrected chi connectivity index (χ1v) is 11.6. The van der Waals surface area contributed by atoms with Gasteiger partial charge in [0, 0.05) is 44.1 Å². The molecule has 0 fully saturated rings. The highest BCUT2D eigenvalue weighted by Crippen LogP contribution is 2.38. The fraction of sp³-hybridized carbons (Fsp3) is 0.409. The normalized spacial score (nSPS) is 17.4. The van der Waals surface area contributed by atoms with Gasteiger partial charge in [0.2, 0.25) is 5.91 Å². The smallest absolute Gasteiger partial charge is 0.324 e. The minimum Gasteiger partial charge on any atom is -0.365 e. The molecular formula is C22H29ClN5O3S+. The zero-order chi connectivity index (χ0) is 23.5. The Bertz CT molecular complexity index is 1020. The highest BCUT2D eigenvalue weighted by molar-refractivity contribution is 7.17. The van der Waals surface area contributed by atoms with Crippen molar-refractivity contribution in [2.24, 2.45) is 5.73 Å². The summed E-state index contributed by atoms with van der Waals surface area (Å²) in [5.74, 6) is -0.420. The molecule has 1 aromatic heterocycles. The van der Waals surface area contributed by atoms with Crippen LogP contribution in [-0.4, -0.2) is 61.5 Å². The number of carbonyl (C=O) groups excluding carboxylic acids is 3. The number of hydrogen-bond acceptors (Lipinski definition) is 4. The van der Waals surface area contributed by atoms with Gasteiger partial charge in [-0.25, -0.2) is 4.79 Å². The Hall–Kier alpha value is -2.62. The molecule has 0 bridgehead atoms. The van der Waals surface area contributed by atoms with E-state index in [2.05, 4.69) is 17.7 Å². The van der Waals surface area contributed by atoms with Crippen LogP contribution in [-0.2, 0) is 17.8 Å². The molecule has 2 aromatic rings. The lowest BCUT2D eigenvalue weighted by molar-refractivity contribution is -0.924. The topological polar surface area (TPSA) is 105 Å². The van der Waals surface area contributed by atoms with Gasteiger partial charge in [-0.2, -0.15) is 0 Å². The van der Waals surface area contributed by atoms with Gasteiger partial charge in [0.15, 0.2) is 0 Å². The lowest BCUT2D eigenvalue weighted by atomic mass is 10.0. The molecule has 0 saturated carbocycles. The van der Waals surface area contributed by atoms with Gasteiger partial charge in [0.1, 0.15) is 11.5 Å². The Morgan fingerprint density at radius 3 is 2.50 bits per heavy atom. The largest absolute Gasteiger partial charge is 0.365 e. The standard InChI is InChI=1S/C22H28ClN5O3S/c1-27(2)18(29)5-4-11-28(3)12-10-16-17(13-28)32-21(19(16)20(24)30)26-22(31)25-15-8-6-14(23)7-9-15/h6-9H,4-5,10-13H2,1-3H3,(H3-,24,25,26,30,31)/p+1. The van der Waals surface area contributed by atoms with Crippen LogP contribution in [0.1, 0.15) is 33.6 Å². The number of nitrogens with two attached hydrogens (primary N) is 1. The molecule has 32 heavy (non-hydrogen) atoms. The van der Waals surface area contributed by atoms with Crippen molar-refractivity contribution in [3.63, 3.8) is 0 Å². The Kier molecular flexibility index (Phi) is 7.43. The number of primary amides is 1. The summed E-state index contributed by atoms with van der Waals surface area (Å²) >= 11 is 7.27. The van der Waals surface area contributed by atoms with Crippen molar-refractivity contribution in [3.05, 3.63) is 45.3 Å². The van der Waals surface area contributed by atoms with Crippen LogP contribution in [0.2, 0.25) is 5.02 Å². The molecule has 2 heterocycles. The summed E-state index contributed by atoms with van der Waals surface area (Å²) in [4.78, 5) is 39.2. The molecule has 1 aromatic carbocycles. The van der Waals surface area contributed by atoms with Gasteiger partial charge >= 0.3 is 6.03 Å². The number of nitrogens with one attached hydrogen (secondary N) is 2. The number of hydrogen-bond donors (Lipinski definition) is 3. The number of nitrogens with zero attached hydrogens (tertiary/aromatic N) is 2. The second-order valence-electron chi connectivity index (χ2n) is 8.52. The van der Waals surface area contributed by atoms with E-state index < -0.39 is 11.9 Å². The van der Waals surface area contributed by atoms with Gasteiger partial charge in [-0.15, -0.1) is 11.3 Å². The van der Waals surface area contributed by atoms with E-state index in [4.69, 9.17) is 17.3 Å². The summed E-state index contributed by atoms with van der Waals surface area (Å²) in [5, 5.41) is 6.56. The van der Waals surface area contributed by atoms with Gasteiger partial charge < -0.3 is 20.4 Å². The van der Waals surface area contributed by atoms with E-state index in [9.17, 15) is 14.4 Å². The summed E-state index contributed by atoms with van der Waals surface area (Å²) in [7, 11) is 5.69. The van der Waals surface area contributed by atoms with Crippen LogP contribution in [0.5, 0.6) is 0 Å². The van der Waals surface area contributed by atoms with Crippen LogP contribution in [0.4, 0.5) is 15.5 Å². The van der Waals surface area contributed by atoms with E-state index >= 15 is 0 Å². The third-order valence-corrected chi connectivity index (χ3v) is 7.06. The molecule has 10 heteroatoms. The Morgan fingerprint density at radius 2 is 1.88 bits per heavy atom. The van der Waals surface area contributed by atoms with Crippen molar-refractivity contribution in [2.45, 2.75) is 25.8 Å². The summed E-state index contributed by atoms with van der Waals surface area (Å²) < 4.78 is 0.781. The number of rotatable bonds is 7. The van der Waals surface area contributed by atoms with E-state index in [-0.39, 0.29) is 5.91 Å². The molecule has 8 nitrogen and oxygen atoms in total. The molecule has 0 aliphatic carbocycles. The van der Waals surface area contributed by atoms with Gasteiger partial charge in [0.05, 0.1) is 30.6 Å². The predicted molar refractivity (Wildman–Crippen MR) is 128 cm³/mol. The van der Waals surface area contributed by atoms with E-state index in [0.717, 1.165) is 41.0 Å². The minimum absolute atomic E-state index is 0.125. The van der Waals surface area contributed by atoms with Crippen molar-refractivity contribution in [1.29, 1.82) is 0 Å². The fourth-order valence-electron chi connectivity index (χ4n) is 3.89. The number of likely N-dealkylation sites (N-methyl/N-ethyl adjacent to an activating group) is 1. The molecular weight excluding hydrogens is 450 g/mol. The molecule has 4 amide bonds. The number of urea groups is 1. The monoisotopic (exact) mass is 478 g/mol. The second-order valence-corrected chi connectivity index (χ2v) is 10.1. The Labute approximate surface area is 196 Å². The molecule has 1 atom stereocenters. The summed E-state index contributed by atoms with van der Waals surface area (Å²) in [5.41, 5.74) is 7.57. The number of benzene rings is 1. The molecule has 3 rings (SSSR count). The molecule has 0 radical (unpaired) electrons. The maximum Gasteiger partial charge on any atom is 0.324 e. The van der Waals surface area contributed by atoms with Crippen LogP contribution in [0.3, 0.4) is 0 Å². The van der Waals surface area contributed by atoms with Gasteiger partial charge in [-0.1, -0.05) is 11.6 Å². The summed E-state index contributed by atoms with van der Waals surface area (Å²) in [6, 6.07) is 6.30. The maximum atomic E-state index is 12.5. The van der Waals surface area contributed by atoms with Crippen molar-refractivity contribution in [1.82, 2.24) is 4.90 Å². The summed E-state index contributed by atoms with van der Waals surface area (Å²) in [6.07, 6.45) is 2.01. The number of anilines is 2. The second kappa shape index (κ2) is 9.89. The Morgan fingerprint density at radius 1 is 1.19 bits per heavy atom. The van der Waals surface area contributed by atoms with E-state index in [1.165, 1.54) is 11.3 Å². The number of fused-ring (bicyclic) bond motifs is 1. The molecule has 0 spiro atoms. The first kappa shape index (κ1) is 24.0. The number of halogens is 1. The summed E-state index contributed by atoms with van der Waals surface area (Å²) in [6.45, 7) is 2.44. The molecule has 1 unspecified atom stereocenters. The first-order valence-electron chi connectivity index (χ1n) is 10.4. The molecule has 1 aliphatic heterocycles. The molecule has 0 saturated heterocycles. The van der Waals surface area contributed by atoms with Crippen LogP contribution >= 0.6 is 22.9 Å². The van der Waals surface area contributed by atoms with E-state index in [0.29, 0.717) is 34.1 Å². The molecule has 172 valence electrons. The number of quaternary nitrogens is 1. The van der Waals surface area contributed by atoms with Crippen LogP contribution in [0, 0.1) is 0 Å². The average Bonchev–Trinajstić information content (AvgIpc) is 3.05. The quantitative estimate of drug-likeness (QED) is 0.530. The van der Waals surface area contributed by atoms with E-state index in [1.807, 2.05) is 0 Å². The number of thiophene rings is 1. The van der Waals surface area contributed by atoms with Crippen LogP contribution in [0.15, 0.2) is 24.3 Å². The third-order valence-electron chi connectivity index (χ3n) is 5.68. The van der Waals surface area contributed by atoms with Gasteiger partial charge in [0.25, 0.3) is 5.91 Å². The molecule has 4 N–H and O–H groups in total. The van der Waals surface area contributed by atoms with E-state index in [1.54, 1.807) is 43.3 Å². The predicted octanol–water partition coefficient (Wildman–Crippen LogP) is 3.52. The number of carbonyl (C=O) groups is 3. The van der Waals surface area contributed by atoms with Gasteiger partial charge in [-0.3, -0.25) is 14.9 Å². The zero-order valence-corrected chi connectivity index (χ0v) is 20.1. The first-order chi connectivity index (χ1) is 15.1. The average molecular weight is 479 g/mol. The lowest BCUT2D eigenvalue weighted by Crippen LogP contribution is -2.48. The van der Waals surface area contributed by atoms with Crippen molar-refractivity contribution in [2.75, 3.05) is 44.9 Å². The molecule has 1 aliphatic rings. The number of amides is 4. The minimum atomic E-state index is -0.544. The van der Waals surface area contributed by atoms with Crippen LogP contribution < -0.4 is 16.4 Å². The third kappa shape index (κ3) is 5.79. The highest BCUT2D eigenvalue weighted by Gasteiger charge is 2.34. The fourth-order valence-corrected chi connectivity index (χ4v) is 5.43. The lowest BCUT2D eigenvalue weighted by Gasteiger charge is -2.37. The van der Waals surface area contributed by atoms with Gasteiger partial charge in [-0.05, 0) is 29.8 Å². The zero-order valence-electron chi connectivity index (χ0n) is 18.5. The van der Waals surface area contributed by atoms with Crippen molar-refractivity contribution < 1.29 is 18.9 Å². The van der Waals surface area contributed by atoms with Crippen molar-refractivity contribution in [3.8, 4) is 0 Å². The van der Waals surface area contributed by atoms with Crippen LogP contribution in [0.25, 0.3) is 0 Å².